The summed E-state index contributed by atoms with van der Waals surface area (Å²) in [6, 6.07) is 8.14. The molecule has 0 bridgehead atoms. The lowest BCUT2D eigenvalue weighted by Crippen LogP contribution is -2.34. The third kappa shape index (κ3) is 1.86. The van der Waals surface area contributed by atoms with E-state index in [2.05, 4.69) is 27.5 Å². The van der Waals surface area contributed by atoms with Crippen LogP contribution in [0.1, 0.15) is 38.6 Å². The average Bonchev–Trinajstić information content (AvgIpc) is 3.13. The van der Waals surface area contributed by atoms with E-state index >= 15 is 0 Å². The van der Waals surface area contributed by atoms with Crippen LogP contribution in [0.3, 0.4) is 0 Å². The predicted molar refractivity (Wildman–Crippen MR) is 83.2 cm³/mol. The molecule has 4 heteroatoms. The maximum Gasteiger partial charge on any atom is 0.107 e. The lowest BCUT2D eigenvalue weighted by Gasteiger charge is -2.31. The van der Waals surface area contributed by atoms with Crippen LogP contribution in [0.5, 0.6) is 0 Å². The van der Waals surface area contributed by atoms with Crippen molar-refractivity contribution >= 4 is 21.9 Å². The normalized spacial score (nSPS) is 19.3. The maximum absolute atomic E-state index is 10.9. The summed E-state index contributed by atoms with van der Waals surface area (Å²) in [5.74, 6) is 0. The van der Waals surface area contributed by atoms with Gasteiger partial charge in [-0.3, -0.25) is 4.98 Å². The SMILES string of the molecule is C[C@@H](n1cnc2cnc3ccccc3c21)C1(O)CCCC1. The second-order valence-electron chi connectivity index (χ2n) is 6.15. The highest BCUT2D eigenvalue weighted by Crippen LogP contribution is 2.40. The zero-order valence-electron chi connectivity index (χ0n) is 12.2. The van der Waals surface area contributed by atoms with E-state index in [0.29, 0.717) is 0 Å². The molecule has 2 aromatic heterocycles. The minimum absolute atomic E-state index is 0.0239. The number of para-hydroxylation sites is 1. The number of benzene rings is 1. The number of pyridine rings is 1. The van der Waals surface area contributed by atoms with Crippen LogP contribution in [0.15, 0.2) is 36.8 Å². The summed E-state index contributed by atoms with van der Waals surface area (Å²) in [6.45, 7) is 2.10. The second-order valence-corrected chi connectivity index (χ2v) is 6.15. The Labute approximate surface area is 123 Å². The van der Waals surface area contributed by atoms with Crippen LogP contribution in [0.25, 0.3) is 21.9 Å². The van der Waals surface area contributed by atoms with E-state index in [0.717, 1.165) is 47.6 Å². The number of rotatable bonds is 2. The van der Waals surface area contributed by atoms with Crippen molar-refractivity contribution in [2.24, 2.45) is 0 Å². The molecule has 3 aromatic rings. The van der Waals surface area contributed by atoms with E-state index in [4.69, 9.17) is 0 Å². The molecule has 1 aliphatic rings. The molecule has 1 N–H and O–H groups in total. The molecule has 0 amide bonds. The fourth-order valence-corrected chi connectivity index (χ4v) is 3.62. The zero-order valence-corrected chi connectivity index (χ0v) is 12.2. The number of hydrogen-bond acceptors (Lipinski definition) is 3. The quantitative estimate of drug-likeness (QED) is 0.782. The Morgan fingerprint density at radius 3 is 2.71 bits per heavy atom. The largest absolute Gasteiger partial charge is 0.388 e. The van der Waals surface area contributed by atoms with Crippen molar-refractivity contribution in [2.75, 3.05) is 0 Å². The Morgan fingerprint density at radius 1 is 1.14 bits per heavy atom. The molecule has 0 spiro atoms. The molecular formula is C17H19N3O. The van der Waals surface area contributed by atoms with E-state index in [1.807, 2.05) is 30.7 Å². The Morgan fingerprint density at radius 2 is 1.90 bits per heavy atom. The smallest absolute Gasteiger partial charge is 0.107 e. The van der Waals surface area contributed by atoms with Gasteiger partial charge in [0.15, 0.2) is 0 Å². The number of hydrogen-bond donors (Lipinski definition) is 1. The Kier molecular flexibility index (Phi) is 2.76. The van der Waals surface area contributed by atoms with Crippen molar-refractivity contribution in [3.8, 4) is 0 Å². The van der Waals surface area contributed by atoms with Crippen LogP contribution < -0.4 is 0 Å². The summed E-state index contributed by atoms with van der Waals surface area (Å²) in [5, 5.41) is 12.0. The monoisotopic (exact) mass is 281 g/mol. The Balaban J connectivity index is 1.94. The second kappa shape index (κ2) is 4.53. The van der Waals surface area contributed by atoms with Gasteiger partial charge in [0.1, 0.15) is 5.52 Å². The fourth-order valence-electron chi connectivity index (χ4n) is 3.62. The van der Waals surface area contributed by atoms with Crippen LogP contribution in [0.4, 0.5) is 0 Å². The highest BCUT2D eigenvalue weighted by atomic mass is 16.3. The van der Waals surface area contributed by atoms with Crippen molar-refractivity contribution in [3.63, 3.8) is 0 Å². The summed E-state index contributed by atoms with van der Waals surface area (Å²) in [6.07, 6.45) is 7.62. The fraction of sp³-hybridized carbons (Fsp3) is 0.412. The first kappa shape index (κ1) is 12.8. The third-order valence-corrected chi connectivity index (χ3v) is 4.97. The van der Waals surface area contributed by atoms with Gasteiger partial charge in [-0.15, -0.1) is 0 Å². The summed E-state index contributed by atoms with van der Waals surface area (Å²) in [4.78, 5) is 8.94. The van der Waals surface area contributed by atoms with E-state index in [1.165, 1.54) is 0 Å². The molecule has 0 unspecified atom stereocenters. The van der Waals surface area contributed by atoms with Gasteiger partial charge in [-0.1, -0.05) is 31.0 Å². The van der Waals surface area contributed by atoms with Crippen LogP contribution in [0.2, 0.25) is 0 Å². The van der Waals surface area contributed by atoms with Crippen molar-refractivity contribution in [2.45, 2.75) is 44.2 Å². The van der Waals surface area contributed by atoms with E-state index < -0.39 is 5.60 Å². The number of aromatic nitrogens is 3. The molecule has 1 aliphatic carbocycles. The van der Waals surface area contributed by atoms with Crippen LogP contribution in [0, 0.1) is 0 Å². The van der Waals surface area contributed by atoms with Gasteiger partial charge in [-0.05, 0) is 25.8 Å². The highest BCUT2D eigenvalue weighted by molar-refractivity contribution is 6.02. The van der Waals surface area contributed by atoms with Crippen molar-refractivity contribution < 1.29 is 5.11 Å². The van der Waals surface area contributed by atoms with Crippen LogP contribution in [-0.2, 0) is 0 Å². The molecule has 108 valence electrons. The van der Waals surface area contributed by atoms with Crippen LogP contribution in [-0.4, -0.2) is 25.2 Å². The number of imidazole rings is 1. The van der Waals surface area contributed by atoms with E-state index in [1.54, 1.807) is 0 Å². The highest BCUT2D eigenvalue weighted by Gasteiger charge is 2.38. The van der Waals surface area contributed by atoms with Gasteiger partial charge < -0.3 is 9.67 Å². The van der Waals surface area contributed by atoms with Gasteiger partial charge in [-0.2, -0.15) is 0 Å². The third-order valence-electron chi connectivity index (χ3n) is 4.97. The van der Waals surface area contributed by atoms with Crippen molar-refractivity contribution in [3.05, 3.63) is 36.8 Å². The molecule has 0 aliphatic heterocycles. The van der Waals surface area contributed by atoms with Gasteiger partial charge in [0.25, 0.3) is 0 Å². The molecule has 1 saturated carbocycles. The molecule has 1 aromatic carbocycles. The summed E-state index contributed by atoms with van der Waals surface area (Å²) < 4.78 is 2.13. The van der Waals surface area contributed by atoms with E-state index in [9.17, 15) is 5.11 Å². The van der Waals surface area contributed by atoms with Gasteiger partial charge in [0.2, 0.25) is 0 Å². The minimum atomic E-state index is -0.613. The summed E-state index contributed by atoms with van der Waals surface area (Å²) in [7, 11) is 0. The van der Waals surface area contributed by atoms with Crippen molar-refractivity contribution in [1.29, 1.82) is 0 Å². The maximum atomic E-state index is 10.9. The van der Waals surface area contributed by atoms with Gasteiger partial charge in [0.05, 0.1) is 35.2 Å². The first-order valence-electron chi connectivity index (χ1n) is 7.62. The standard InChI is InChI=1S/C17H19N3O/c1-12(17(21)8-4-5-9-17)20-11-19-15-10-18-14-7-3-2-6-13(14)16(15)20/h2-3,6-7,10-12,21H,4-5,8-9H2,1H3/t12-/m1/s1. The number of fused-ring (bicyclic) bond motifs is 3. The Bertz CT molecular complexity index is 802. The number of aliphatic hydroxyl groups is 1. The summed E-state index contributed by atoms with van der Waals surface area (Å²) in [5.41, 5.74) is 2.32. The molecule has 4 nitrogen and oxygen atoms in total. The van der Waals surface area contributed by atoms with Gasteiger partial charge in [0, 0.05) is 5.39 Å². The van der Waals surface area contributed by atoms with Gasteiger partial charge >= 0.3 is 0 Å². The summed E-state index contributed by atoms with van der Waals surface area (Å²) >= 11 is 0. The van der Waals surface area contributed by atoms with Crippen molar-refractivity contribution in [1.82, 2.24) is 14.5 Å². The lowest BCUT2D eigenvalue weighted by molar-refractivity contribution is 0.00203. The molecule has 2 heterocycles. The zero-order chi connectivity index (χ0) is 14.4. The predicted octanol–water partition coefficient (Wildman–Crippen LogP) is 3.45. The average molecular weight is 281 g/mol. The molecule has 1 atom stereocenters. The molecule has 0 saturated heterocycles. The molecule has 21 heavy (non-hydrogen) atoms. The molecule has 0 radical (unpaired) electrons. The first-order valence-corrected chi connectivity index (χ1v) is 7.62. The lowest BCUT2D eigenvalue weighted by atomic mass is 9.93. The first-order chi connectivity index (χ1) is 10.2. The topological polar surface area (TPSA) is 50.9 Å². The van der Waals surface area contributed by atoms with Crippen LogP contribution >= 0.6 is 0 Å². The van der Waals surface area contributed by atoms with E-state index in [-0.39, 0.29) is 6.04 Å². The minimum Gasteiger partial charge on any atom is -0.388 e. The molecular weight excluding hydrogens is 262 g/mol. The van der Waals surface area contributed by atoms with Gasteiger partial charge in [-0.25, -0.2) is 4.98 Å². The molecule has 4 rings (SSSR count). The molecule has 1 fully saturated rings. The Hall–Kier alpha value is -1.94. The number of nitrogens with zero attached hydrogens (tertiary/aromatic N) is 3.